The Morgan fingerprint density at radius 1 is 1.11 bits per heavy atom. The molecular weight excluding hydrogens is 366 g/mol. The maximum atomic E-state index is 12.7. The Labute approximate surface area is 160 Å². The summed E-state index contributed by atoms with van der Waals surface area (Å²) in [6.07, 6.45) is -0.482. The molecular formula is C19H25N3O4S. The zero-order valence-electron chi connectivity index (χ0n) is 15.7. The summed E-state index contributed by atoms with van der Waals surface area (Å²) in [5, 5.41) is 6.37. The third kappa shape index (κ3) is 4.12. The van der Waals surface area contributed by atoms with Crippen LogP contribution in [0, 0.1) is 0 Å². The summed E-state index contributed by atoms with van der Waals surface area (Å²) in [6.45, 7) is 7.07. The third-order valence-corrected chi connectivity index (χ3v) is 6.33. The number of sulfonamides is 1. The first-order valence-corrected chi connectivity index (χ1v) is 10.5. The second-order valence-corrected chi connectivity index (χ2v) is 7.93. The Kier molecular flexibility index (Phi) is 5.76. The fourth-order valence-electron chi connectivity index (χ4n) is 2.93. The average molecular weight is 391 g/mol. The minimum Gasteiger partial charge on any atom is -0.494 e. The molecule has 1 aliphatic heterocycles. The molecule has 0 fully saturated rings. The van der Waals surface area contributed by atoms with Crippen molar-refractivity contribution >= 4 is 21.4 Å². The van der Waals surface area contributed by atoms with Crippen molar-refractivity contribution in [3.8, 4) is 11.5 Å². The van der Waals surface area contributed by atoms with E-state index in [-0.39, 0.29) is 4.90 Å². The van der Waals surface area contributed by atoms with Gasteiger partial charge in [-0.2, -0.15) is 4.31 Å². The number of hydrogen-bond donors (Lipinski definition) is 2. The average Bonchev–Trinajstić information content (AvgIpc) is 3.05. The fourth-order valence-corrected chi connectivity index (χ4v) is 4.41. The van der Waals surface area contributed by atoms with Gasteiger partial charge in [-0.15, -0.1) is 0 Å². The number of nitrogens with one attached hydrogen (secondary N) is 2. The summed E-state index contributed by atoms with van der Waals surface area (Å²) >= 11 is 0. The number of fused-ring (bicyclic) bond motifs is 1. The molecule has 1 atom stereocenters. The van der Waals surface area contributed by atoms with Gasteiger partial charge in [0.1, 0.15) is 11.5 Å². The van der Waals surface area contributed by atoms with Crippen LogP contribution in [0.2, 0.25) is 0 Å². The standard InChI is InChI=1S/C19H25N3O4S/c1-4-22(5-2)27(23,24)16-11-12-18-17(13-16)21-19(26-18)20-14-7-9-15(10-8-14)25-6-3/h7-13,19-21H,4-6H2,1-3H3. The molecule has 7 nitrogen and oxygen atoms in total. The van der Waals surface area contributed by atoms with Crippen LogP contribution in [0.3, 0.4) is 0 Å². The first-order chi connectivity index (χ1) is 13.0. The summed E-state index contributed by atoms with van der Waals surface area (Å²) in [6, 6.07) is 12.4. The highest BCUT2D eigenvalue weighted by Gasteiger charge is 2.27. The van der Waals surface area contributed by atoms with Gasteiger partial charge in [0.15, 0.2) is 0 Å². The lowest BCUT2D eigenvalue weighted by Crippen LogP contribution is -2.30. The Balaban J connectivity index is 1.72. The summed E-state index contributed by atoms with van der Waals surface area (Å²) in [7, 11) is -3.51. The molecule has 1 unspecified atom stereocenters. The van der Waals surface area contributed by atoms with Gasteiger partial charge < -0.3 is 20.1 Å². The Hall–Kier alpha value is -2.45. The zero-order chi connectivity index (χ0) is 19.4. The highest BCUT2D eigenvalue weighted by atomic mass is 32.2. The van der Waals surface area contributed by atoms with Crippen LogP contribution >= 0.6 is 0 Å². The van der Waals surface area contributed by atoms with Gasteiger partial charge in [-0.1, -0.05) is 13.8 Å². The van der Waals surface area contributed by atoms with Crippen molar-refractivity contribution in [2.24, 2.45) is 0 Å². The second kappa shape index (κ2) is 8.06. The molecule has 0 saturated heterocycles. The summed E-state index contributed by atoms with van der Waals surface area (Å²) in [5.41, 5.74) is 1.51. The monoisotopic (exact) mass is 391 g/mol. The first kappa shape index (κ1) is 19.3. The van der Waals surface area contributed by atoms with Crippen molar-refractivity contribution in [1.82, 2.24) is 4.31 Å². The zero-order valence-corrected chi connectivity index (χ0v) is 16.5. The molecule has 0 amide bonds. The lowest BCUT2D eigenvalue weighted by Gasteiger charge is -2.18. The van der Waals surface area contributed by atoms with Gasteiger partial charge in [-0.3, -0.25) is 0 Å². The number of ether oxygens (including phenoxy) is 2. The van der Waals surface area contributed by atoms with Gasteiger partial charge in [0.2, 0.25) is 16.4 Å². The van der Waals surface area contributed by atoms with Gasteiger partial charge >= 0.3 is 0 Å². The molecule has 0 saturated carbocycles. The molecule has 2 aromatic rings. The molecule has 0 radical (unpaired) electrons. The van der Waals surface area contributed by atoms with Gasteiger partial charge in [0, 0.05) is 18.8 Å². The van der Waals surface area contributed by atoms with Crippen LogP contribution < -0.4 is 20.1 Å². The summed E-state index contributed by atoms with van der Waals surface area (Å²) in [5.74, 6) is 1.41. The molecule has 3 rings (SSSR count). The molecule has 8 heteroatoms. The molecule has 1 heterocycles. The number of rotatable bonds is 8. The fraction of sp³-hybridized carbons (Fsp3) is 0.368. The van der Waals surface area contributed by atoms with Gasteiger partial charge in [-0.05, 0) is 49.4 Å². The second-order valence-electron chi connectivity index (χ2n) is 5.99. The smallest absolute Gasteiger partial charge is 0.248 e. The molecule has 1 aliphatic rings. The molecule has 0 aliphatic carbocycles. The van der Waals surface area contributed by atoms with Crippen LogP contribution in [0.1, 0.15) is 20.8 Å². The maximum absolute atomic E-state index is 12.7. The lowest BCUT2D eigenvalue weighted by molar-refractivity contribution is 0.283. The van der Waals surface area contributed by atoms with E-state index in [4.69, 9.17) is 9.47 Å². The highest BCUT2D eigenvalue weighted by Crippen LogP contribution is 2.35. The van der Waals surface area contributed by atoms with Crippen LogP contribution in [-0.4, -0.2) is 38.8 Å². The van der Waals surface area contributed by atoms with Gasteiger partial charge in [-0.25, -0.2) is 8.42 Å². The van der Waals surface area contributed by atoms with E-state index in [1.54, 1.807) is 18.2 Å². The summed E-state index contributed by atoms with van der Waals surface area (Å²) < 4.78 is 38.0. The predicted octanol–water partition coefficient (Wildman–Crippen LogP) is 3.32. The number of hydrogen-bond acceptors (Lipinski definition) is 6. The van der Waals surface area contributed by atoms with E-state index in [2.05, 4.69) is 10.6 Å². The van der Waals surface area contributed by atoms with Crippen molar-refractivity contribution in [3.05, 3.63) is 42.5 Å². The van der Waals surface area contributed by atoms with Crippen LogP contribution in [0.25, 0.3) is 0 Å². The number of nitrogens with zero attached hydrogens (tertiary/aromatic N) is 1. The molecule has 146 valence electrons. The van der Waals surface area contributed by atoms with Crippen molar-refractivity contribution < 1.29 is 17.9 Å². The number of anilines is 2. The van der Waals surface area contributed by atoms with E-state index in [1.165, 1.54) is 4.31 Å². The molecule has 2 N–H and O–H groups in total. The van der Waals surface area contributed by atoms with Gasteiger partial charge in [0.25, 0.3) is 0 Å². The number of benzene rings is 2. The third-order valence-electron chi connectivity index (χ3n) is 4.29. The van der Waals surface area contributed by atoms with E-state index in [9.17, 15) is 8.42 Å². The van der Waals surface area contributed by atoms with E-state index < -0.39 is 16.4 Å². The van der Waals surface area contributed by atoms with Crippen LogP contribution in [0.4, 0.5) is 11.4 Å². The van der Waals surface area contributed by atoms with Crippen molar-refractivity contribution in [1.29, 1.82) is 0 Å². The molecule has 0 spiro atoms. The van der Waals surface area contributed by atoms with E-state index in [0.717, 1.165) is 11.4 Å². The minimum absolute atomic E-state index is 0.253. The molecule has 27 heavy (non-hydrogen) atoms. The van der Waals surface area contributed by atoms with Crippen molar-refractivity contribution in [2.45, 2.75) is 32.0 Å². The Morgan fingerprint density at radius 3 is 2.44 bits per heavy atom. The Bertz CT molecular complexity index is 880. The SMILES string of the molecule is CCOc1ccc(NC2Nc3cc(S(=O)(=O)N(CC)CC)ccc3O2)cc1. The van der Waals surface area contributed by atoms with Crippen LogP contribution in [0.15, 0.2) is 47.4 Å². The van der Waals surface area contributed by atoms with Crippen molar-refractivity contribution in [3.63, 3.8) is 0 Å². The van der Waals surface area contributed by atoms with Crippen LogP contribution in [-0.2, 0) is 10.0 Å². The predicted molar refractivity (Wildman–Crippen MR) is 106 cm³/mol. The van der Waals surface area contributed by atoms with E-state index >= 15 is 0 Å². The first-order valence-electron chi connectivity index (χ1n) is 9.04. The highest BCUT2D eigenvalue weighted by molar-refractivity contribution is 7.89. The Morgan fingerprint density at radius 2 is 1.81 bits per heavy atom. The van der Waals surface area contributed by atoms with E-state index in [1.807, 2.05) is 45.0 Å². The topological polar surface area (TPSA) is 79.9 Å². The lowest BCUT2D eigenvalue weighted by atomic mass is 10.3. The normalized spacial score (nSPS) is 15.8. The molecule has 0 bridgehead atoms. The molecule has 2 aromatic carbocycles. The van der Waals surface area contributed by atoms with E-state index in [0.29, 0.717) is 31.1 Å². The molecule has 0 aromatic heterocycles. The largest absolute Gasteiger partial charge is 0.494 e. The van der Waals surface area contributed by atoms with Crippen LogP contribution in [0.5, 0.6) is 11.5 Å². The van der Waals surface area contributed by atoms with Crippen molar-refractivity contribution in [2.75, 3.05) is 30.3 Å². The minimum atomic E-state index is -3.51. The van der Waals surface area contributed by atoms with Gasteiger partial charge in [0.05, 0.1) is 17.2 Å². The quantitative estimate of drug-likeness (QED) is 0.719. The maximum Gasteiger partial charge on any atom is 0.248 e. The summed E-state index contributed by atoms with van der Waals surface area (Å²) in [4.78, 5) is 0.253.